The van der Waals surface area contributed by atoms with E-state index in [1.165, 1.54) is 25.7 Å². The van der Waals surface area contributed by atoms with E-state index in [1.807, 2.05) is 4.90 Å². The molecule has 0 spiro atoms. The fourth-order valence-electron chi connectivity index (χ4n) is 4.74. The Bertz CT molecular complexity index is 532. The third kappa shape index (κ3) is 3.77. The number of likely N-dealkylation sites (tertiary alicyclic amines) is 1. The van der Waals surface area contributed by atoms with E-state index in [1.54, 1.807) is 11.8 Å². The molecule has 4 aliphatic rings. The van der Waals surface area contributed by atoms with Gasteiger partial charge in [-0.3, -0.25) is 14.5 Å². The summed E-state index contributed by atoms with van der Waals surface area (Å²) >= 11 is 0. The van der Waals surface area contributed by atoms with Gasteiger partial charge in [0.05, 0.1) is 12.2 Å². The van der Waals surface area contributed by atoms with Crippen LogP contribution in [0, 0.1) is 0 Å². The van der Waals surface area contributed by atoms with Gasteiger partial charge in [-0.15, -0.1) is 0 Å². The molecule has 0 radical (unpaired) electrons. The van der Waals surface area contributed by atoms with Crippen molar-refractivity contribution in [3.8, 4) is 0 Å². The Balaban J connectivity index is 1.36. The lowest BCUT2D eigenvalue weighted by Gasteiger charge is -2.36. The zero-order valence-corrected chi connectivity index (χ0v) is 16.1. The number of hydrogen-bond donors (Lipinski definition) is 0. The number of nitrogens with zero attached hydrogens (tertiary/aromatic N) is 3. The Morgan fingerprint density at radius 2 is 1.65 bits per heavy atom. The van der Waals surface area contributed by atoms with Crippen molar-refractivity contribution >= 4 is 11.8 Å². The molecule has 0 unspecified atom stereocenters. The fourth-order valence-corrected chi connectivity index (χ4v) is 4.74. The average Bonchev–Trinajstić information content (AvgIpc) is 2.81. The molecule has 0 aromatic rings. The molecule has 2 aliphatic heterocycles. The molecule has 2 amide bonds. The maximum Gasteiger partial charge on any atom is 0.245 e. The Labute approximate surface area is 156 Å². The van der Waals surface area contributed by atoms with Gasteiger partial charge in [-0.2, -0.15) is 0 Å². The molecule has 4 fully saturated rings. The van der Waals surface area contributed by atoms with Crippen molar-refractivity contribution in [1.82, 2.24) is 14.7 Å². The predicted molar refractivity (Wildman–Crippen MR) is 98.7 cm³/mol. The molecular weight excluding hydrogens is 330 g/mol. The van der Waals surface area contributed by atoms with Crippen molar-refractivity contribution in [2.75, 3.05) is 32.7 Å². The number of rotatable bonds is 4. The van der Waals surface area contributed by atoms with E-state index in [4.69, 9.17) is 4.74 Å². The molecule has 2 atom stereocenters. The first-order valence-corrected chi connectivity index (χ1v) is 10.6. The largest absolute Gasteiger partial charge is 0.373 e. The summed E-state index contributed by atoms with van der Waals surface area (Å²) in [5.74, 6) is 0.129. The highest BCUT2D eigenvalue weighted by atomic mass is 16.5. The molecular formula is C20H33N3O3. The van der Waals surface area contributed by atoms with Crippen LogP contribution in [0.5, 0.6) is 0 Å². The molecule has 6 nitrogen and oxygen atoms in total. The van der Waals surface area contributed by atoms with Crippen LogP contribution in [0.25, 0.3) is 0 Å². The molecule has 2 aliphatic carbocycles. The van der Waals surface area contributed by atoms with Crippen molar-refractivity contribution in [3.05, 3.63) is 0 Å². The van der Waals surface area contributed by atoms with Crippen molar-refractivity contribution in [1.29, 1.82) is 0 Å². The Morgan fingerprint density at radius 1 is 0.885 bits per heavy atom. The van der Waals surface area contributed by atoms with Crippen LogP contribution in [0.15, 0.2) is 0 Å². The summed E-state index contributed by atoms with van der Waals surface area (Å²) in [6.45, 7) is 5.84. The third-order valence-corrected chi connectivity index (χ3v) is 6.82. The van der Waals surface area contributed by atoms with Crippen LogP contribution in [0.2, 0.25) is 0 Å². The van der Waals surface area contributed by atoms with Gasteiger partial charge in [0.1, 0.15) is 6.04 Å². The normalized spacial score (nSPS) is 31.4. The quantitative estimate of drug-likeness (QED) is 0.762. The number of ether oxygens (including phenoxy) is 1. The molecule has 4 rings (SSSR count). The third-order valence-electron chi connectivity index (χ3n) is 6.82. The van der Waals surface area contributed by atoms with Gasteiger partial charge in [0.25, 0.3) is 0 Å². The maximum atomic E-state index is 13.2. The van der Waals surface area contributed by atoms with E-state index in [2.05, 4.69) is 4.90 Å². The number of carbonyl (C=O) groups is 2. The highest BCUT2D eigenvalue weighted by Gasteiger charge is 2.42. The van der Waals surface area contributed by atoms with Gasteiger partial charge in [0.2, 0.25) is 11.8 Å². The van der Waals surface area contributed by atoms with E-state index in [-0.39, 0.29) is 24.0 Å². The first-order chi connectivity index (χ1) is 12.6. The van der Waals surface area contributed by atoms with Crippen LogP contribution < -0.4 is 0 Å². The molecule has 2 saturated heterocycles. The average molecular weight is 364 g/mol. The lowest BCUT2D eigenvalue weighted by molar-refractivity contribution is -0.142. The molecule has 0 bridgehead atoms. The predicted octanol–water partition coefficient (Wildman–Crippen LogP) is 1.63. The highest BCUT2D eigenvalue weighted by molar-refractivity contribution is 5.87. The molecule has 6 heteroatoms. The van der Waals surface area contributed by atoms with Crippen molar-refractivity contribution < 1.29 is 14.3 Å². The Kier molecular flexibility index (Phi) is 5.50. The maximum absolute atomic E-state index is 13.2. The van der Waals surface area contributed by atoms with Gasteiger partial charge in [-0.05, 0) is 38.5 Å². The van der Waals surface area contributed by atoms with E-state index < -0.39 is 0 Å². The van der Waals surface area contributed by atoms with E-state index >= 15 is 0 Å². The minimum atomic E-state index is -0.326. The number of amides is 2. The highest BCUT2D eigenvalue weighted by Crippen LogP contribution is 2.30. The fraction of sp³-hybridized carbons (Fsp3) is 0.900. The van der Waals surface area contributed by atoms with Crippen molar-refractivity contribution in [3.63, 3.8) is 0 Å². The molecule has 0 aromatic heterocycles. The lowest BCUT2D eigenvalue weighted by Crippen LogP contribution is -2.48. The SMILES string of the molecule is CC(=O)N1C[C@@H](OC2CCC2)C[C@@H]1C(=O)N1CCCN(C2CCC2)CC1. The first-order valence-electron chi connectivity index (χ1n) is 10.6. The van der Waals surface area contributed by atoms with Crippen molar-refractivity contribution in [2.24, 2.45) is 0 Å². The van der Waals surface area contributed by atoms with Crippen LogP contribution in [-0.2, 0) is 14.3 Å². The minimum Gasteiger partial charge on any atom is -0.373 e. The van der Waals surface area contributed by atoms with Gasteiger partial charge in [-0.25, -0.2) is 0 Å². The van der Waals surface area contributed by atoms with Gasteiger partial charge in [0.15, 0.2) is 0 Å². The smallest absolute Gasteiger partial charge is 0.245 e. The summed E-state index contributed by atoms with van der Waals surface area (Å²) in [5.41, 5.74) is 0. The van der Waals surface area contributed by atoms with Gasteiger partial charge in [0, 0.05) is 52.1 Å². The zero-order valence-electron chi connectivity index (χ0n) is 16.1. The molecule has 0 aromatic carbocycles. The Hall–Kier alpha value is -1.14. The van der Waals surface area contributed by atoms with E-state index in [0.29, 0.717) is 19.1 Å². The standard InChI is InChI=1S/C20H33N3O3/c1-15(24)23-14-18(26-17-7-3-8-17)13-19(23)20(25)22-10-4-9-21(11-12-22)16-5-2-6-16/h16-19H,2-14H2,1H3/t18-,19+/m0/s1. The summed E-state index contributed by atoms with van der Waals surface area (Å²) in [4.78, 5) is 31.6. The molecule has 2 heterocycles. The van der Waals surface area contributed by atoms with Crippen LogP contribution >= 0.6 is 0 Å². The minimum absolute atomic E-state index is 0.00558. The molecule has 0 N–H and O–H groups in total. The summed E-state index contributed by atoms with van der Waals surface area (Å²) in [5, 5.41) is 0. The van der Waals surface area contributed by atoms with Crippen molar-refractivity contribution in [2.45, 2.75) is 82.6 Å². The second-order valence-corrected chi connectivity index (χ2v) is 8.53. The second-order valence-electron chi connectivity index (χ2n) is 8.53. The van der Waals surface area contributed by atoms with Gasteiger partial charge >= 0.3 is 0 Å². The number of hydrogen-bond acceptors (Lipinski definition) is 4. The summed E-state index contributed by atoms with van der Waals surface area (Å²) in [6.07, 6.45) is 9.53. The van der Waals surface area contributed by atoms with Gasteiger partial charge < -0.3 is 14.5 Å². The van der Waals surface area contributed by atoms with Crippen LogP contribution in [-0.4, -0.2) is 83.5 Å². The molecule has 2 saturated carbocycles. The van der Waals surface area contributed by atoms with Crippen LogP contribution in [0.1, 0.15) is 58.3 Å². The van der Waals surface area contributed by atoms with Crippen LogP contribution in [0.4, 0.5) is 0 Å². The topological polar surface area (TPSA) is 53.1 Å². The monoisotopic (exact) mass is 363 g/mol. The summed E-state index contributed by atoms with van der Waals surface area (Å²) < 4.78 is 6.12. The lowest BCUT2D eigenvalue weighted by atomic mass is 9.91. The summed E-state index contributed by atoms with van der Waals surface area (Å²) in [7, 11) is 0. The number of carbonyl (C=O) groups excluding carboxylic acids is 2. The molecule has 26 heavy (non-hydrogen) atoms. The summed E-state index contributed by atoms with van der Waals surface area (Å²) in [6, 6.07) is 0.415. The van der Waals surface area contributed by atoms with E-state index in [9.17, 15) is 9.59 Å². The first kappa shape index (κ1) is 18.2. The molecule has 146 valence electrons. The van der Waals surface area contributed by atoms with Gasteiger partial charge in [-0.1, -0.05) is 6.42 Å². The van der Waals surface area contributed by atoms with E-state index in [0.717, 1.165) is 51.5 Å². The van der Waals surface area contributed by atoms with Crippen LogP contribution in [0.3, 0.4) is 0 Å². The Morgan fingerprint density at radius 3 is 2.27 bits per heavy atom. The zero-order chi connectivity index (χ0) is 18.1. The second kappa shape index (κ2) is 7.85.